The van der Waals surface area contributed by atoms with E-state index in [4.69, 9.17) is 5.11 Å². The Morgan fingerprint density at radius 2 is 2.10 bits per heavy atom. The molecule has 8 heteroatoms. The average molecular weight is 309 g/mol. The topological polar surface area (TPSA) is 101 Å². The molecule has 0 bridgehead atoms. The molecule has 0 fully saturated rings. The van der Waals surface area contributed by atoms with Crippen molar-refractivity contribution in [1.29, 1.82) is 0 Å². The number of aryl methyl sites for hydroxylation is 1. The summed E-state index contributed by atoms with van der Waals surface area (Å²) in [7, 11) is -2.00. The van der Waals surface area contributed by atoms with Crippen LogP contribution in [-0.4, -0.2) is 35.6 Å². The molecule has 1 aromatic heterocycles. The quantitative estimate of drug-likeness (QED) is 0.815. The van der Waals surface area contributed by atoms with Gasteiger partial charge in [-0.15, -0.1) is 0 Å². The van der Waals surface area contributed by atoms with E-state index in [2.05, 4.69) is 9.71 Å². The lowest BCUT2D eigenvalue weighted by molar-refractivity contribution is 0.0695. The summed E-state index contributed by atoms with van der Waals surface area (Å²) in [5.74, 6) is -1.03. The van der Waals surface area contributed by atoms with Crippen molar-refractivity contribution < 1.29 is 18.3 Å². The lowest BCUT2D eigenvalue weighted by atomic mass is 10.1. The number of hydrogen-bond donors (Lipinski definition) is 2. The number of carboxylic acid groups (broad SMARTS) is 1. The number of benzene rings is 1. The summed E-state index contributed by atoms with van der Waals surface area (Å²) in [6, 6.07) is 6.50. The van der Waals surface area contributed by atoms with Crippen LogP contribution >= 0.6 is 0 Å². The van der Waals surface area contributed by atoms with Crippen LogP contribution in [0, 0.1) is 0 Å². The van der Waals surface area contributed by atoms with Crippen LogP contribution in [0.4, 0.5) is 0 Å². The lowest BCUT2D eigenvalue weighted by Gasteiger charge is -2.07. The maximum absolute atomic E-state index is 12.0. The van der Waals surface area contributed by atoms with E-state index in [0.717, 1.165) is 0 Å². The maximum Gasteiger partial charge on any atom is 0.335 e. The second-order valence-electron chi connectivity index (χ2n) is 4.49. The highest BCUT2D eigenvalue weighted by atomic mass is 32.2. The number of carbonyl (C=O) groups is 1. The summed E-state index contributed by atoms with van der Waals surface area (Å²) in [4.78, 5) is 14.8. The minimum atomic E-state index is -3.67. The average Bonchev–Trinajstić information content (AvgIpc) is 2.86. The Bertz CT molecular complexity index is 752. The van der Waals surface area contributed by atoms with E-state index >= 15 is 0 Å². The number of nitrogens with one attached hydrogen (secondary N) is 1. The van der Waals surface area contributed by atoms with E-state index in [1.165, 1.54) is 23.2 Å². The molecular formula is C13H15N3O4S. The molecule has 1 heterocycles. The van der Waals surface area contributed by atoms with Crippen molar-refractivity contribution in [3.63, 3.8) is 0 Å². The molecule has 0 amide bonds. The van der Waals surface area contributed by atoms with E-state index in [0.29, 0.717) is 5.56 Å². The molecule has 2 aromatic rings. The molecule has 0 radical (unpaired) electrons. The Morgan fingerprint density at radius 3 is 2.71 bits per heavy atom. The Hall–Kier alpha value is -2.19. The van der Waals surface area contributed by atoms with E-state index < -0.39 is 16.0 Å². The van der Waals surface area contributed by atoms with Gasteiger partial charge in [0.2, 0.25) is 0 Å². The van der Waals surface area contributed by atoms with Gasteiger partial charge in [0.15, 0.2) is 5.03 Å². The fourth-order valence-corrected chi connectivity index (χ4v) is 2.88. The monoisotopic (exact) mass is 309 g/mol. The minimum absolute atomic E-state index is 0.0588. The first-order valence-electron chi connectivity index (χ1n) is 6.19. The van der Waals surface area contributed by atoms with Gasteiger partial charge in [-0.05, 0) is 18.1 Å². The number of hydrogen-bond acceptors (Lipinski definition) is 4. The molecule has 0 unspecified atom stereocenters. The largest absolute Gasteiger partial charge is 0.478 e. The van der Waals surface area contributed by atoms with Crippen LogP contribution < -0.4 is 4.72 Å². The number of imidazole rings is 1. The zero-order chi connectivity index (χ0) is 15.5. The molecule has 1 aromatic carbocycles. The first-order chi connectivity index (χ1) is 9.90. The van der Waals surface area contributed by atoms with Crippen molar-refractivity contribution >= 4 is 16.0 Å². The molecule has 2 rings (SSSR count). The van der Waals surface area contributed by atoms with Gasteiger partial charge in [0.05, 0.1) is 11.9 Å². The van der Waals surface area contributed by atoms with Gasteiger partial charge >= 0.3 is 5.97 Å². The van der Waals surface area contributed by atoms with Crippen LogP contribution in [-0.2, 0) is 23.5 Å². The lowest BCUT2D eigenvalue weighted by Crippen LogP contribution is -2.26. The van der Waals surface area contributed by atoms with E-state index in [1.54, 1.807) is 25.2 Å². The van der Waals surface area contributed by atoms with E-state index in [9.17, 15) is 13.2 Å². The molecule has 0 aliphatic heterocycles. The predicted octanol–water partition coefficient (Wildman–Crippen LogP) is 0.639. The van der Waals surface area contributed by atoms with Gasteiger partial charge in [-0.1, -0.05) is 18.2 Å². The van der Waals surface area contributed by atoms with Crippen LogP contribution in [0.1, 0.15) is 15.9 Å². The first-order valence-corrected chi connectivity index (χ1v) is 7.67. The molecule has 0 spiro atoms. The van der Waals surface area contributed by atoms with Crippen molar-refractivity contribution in [3.8, 4) is 0 Å². The third-order valence-electron chi connectivity index (χ3n) is 2.89. The third kappa shape index (κ3) is 3.67. The molecule has 0 aliphatic carbocycles. The van der Waals surface area contributed by atoms with Crippen LogP contribution in [0.5, 0.6) is 0 Å². The van der Waals surface area contributed by atoms with Crippen molar-refractivity contribution in [2.75, 3.05) is 6.54 Å². The zero-order valence-electron chi connectivity index (χ0n) is 11.4. The predicted molar refractivity (Wildman–Crippen MR) is 75.5 cm³/mol. The molecule has 0 atom stereocenters. The molecule has 2 N–H and O–H groups in total. The Kier molecular flexibility index (Phi) is 4.39. The number of rotatable bonds is 6. The van der Waals surface area contributed by atoms with E-state index in [-0.39, 0.29) is 23.6 Å². The van der Waals surface area contributed by atoms with Gasteiger partial charge in [0.25, 0.3) is 10.0 Å². The molecule has 0 saturated heterocycles. The fourth-order valence-electron chi connectivity index (χ4n) is 1.87. The summed E-state index contributed by atoms with van der Waals surface area (Å²) in [6.07, 6.45) is 3.08. The van der Waals surface area contributed by atoms with Crippen molar-refractivity contribution in [3.05, 3.63) is 47.9 Å². The highest BCUT2D eigenvalue weighted by Gasteiger charge is 2.17. The molecule has 21 heavy (non-hydrogen) atoms. The van der Waals surface area contributed by atoms with Crippen molar-refractivity contribution in [1.82, 2.24) is 14.3 Å². The Labute approximate surface area is 122 Å². The number of aromatic carboxylic acids is 1. The second kappa shape index (κ2) is 6.06. The van der Waals surface area contributed by atoms with Gasteiger partial charge in [-0.3, -0.25) is 0 Å². The Balaban J connectivity index is 2.03. The summed E-state index contributed by atoms with van der Waals surface area (Å²) in [5.41, 5.74) is 0.753. The summed E-state index contributed by atoms with van der Waals surface area (Å²) < 4.78 is 27.8. The van der Waals surface area contributed by atoms with Gasteiger partial charge in [-0.2, -0.15) is 0 Å². The summed E-state index contributed by atoms with van der Waals surface area (Å²) >= 11 is 0. The highest BCUT2D eigenvalue weighted by molar-refractivity contribution is 7.89. The first kappa shape index (κ1) is 15.2. The number of sulfonamides is 1. The SMILES string of the molecule is Cn1cnc(S(=O)(=O)NCCc2ccccc2C(=O)O)c1. The van der Waals surface area contributed by atoms with Gasteiger partial charge in [-0.25, -0.2) is 22.9 Å². The highest BCUT2D eigenvalue weighted by Crippen LogP contribution is 2.10. The zero-order valence-corrected chi connectivity index (χ0v) is 12.2. The smallest absolute Gasteiger partial charge is 0.335 e. The molecular weight excluding hydrogens is 294 g/mol. The Morgan fingerprint density at radius 1 is 1.38 bits per heavy atom. The van der Waals surface area contributed by atoms with Crippen LogP contribution in [0.2, 0.25) is 0 Å². The van der Waals surface area contributed by atoms with Gasteiger partial charge < -0.3 is 9.67 Å². The van der Waals surface area contributed by atoms with Crippen LogP contribution in [0.3, 0.4) is 0 Å². The normalized spacial score (nSPS) is 11.5. The molecule has 7 nitrogen and oxygen atoms in total. The van der Waals surface area contributed by atoms with Crippen LogP contribution in [0.25, 0.3) is 0 Å². The number of nitrogens with zero attached hydrogens (tertiary/aromatic N) is 2. The van der Waals surface area contributed by atoms with Crippen molar-refractivity contribution in [2.24, 2.45) is 7.05 Å². The second-order valence-corrected chi connectivity index (χ2v) is 6.20. The minimum Gasteiger partial charge on any atom is -0.478 e. The van der Waals surface area contributed by atoms with Gasteiger partial charge in [0.1, 0.15) is 0 Å². The van der Waals surface area contributed by atoms with Crippen LogP contribution in [0.15, 0.2) is 41.8 Å². The number of carboxylic acids is 1. The third-order valence-corrected chi connectivity index (χ3v) is 4.24. The molecule has 0 aliphatic rings. The summed E-state index contributed by atoms with van der Waals surface area (Å²) in [6.45, 7) is 0.100. The number of aromatic nitrogens is 2. The fraction of sp³-hybridized carbons (Fsp3) is 0.231. The van der Waals surface area contributed by atoms with Gasteiger partial charge in [0, 0.05) is 19.8 Å². The summed E-state index contributed by atoms with van der Waals surface area (Å²) in [5, 5.41) is 9.00. The van der Waals surface area contributed by atoms with Crippen molar-refractivity contribution in [2.45, 2.75) is 11.4 Å². The molecule has 112 valence electrons. The maximum atomic E-state index is 12.0. The molecule has 0 saturated carbocycles. The van der Waals surface area contributed by atoms with E-state index in [1.807, 2.05) is 0 Å². The standard InChI is InChI=1S/C13H15N3O4S/c1-16-8-12(14-9-16)21(19,20)15-7-6-10-4-2-3-5-11(10)13(17)18/h2-5,8-9,15H,6-7H2,1H3,(H,17,18).